The topological polar surface area (TPSA) is 49.8 Å². The molecule has 3 atom stereocenters. The highest BCUT2D eigenvalue weighted by Crippen LogP contribution is 2.30. The second-order valence-corrected chi connectivity index (χ2v) is 5.20. The highest BCUT2D eigenvalue weighted by atomic mass is 16.5. The van der Waals surface area contributed by atoms with Crippen LogP contribution in [-0.2, 0) is 16.1 Å². The number of carboxylic acids is 1. The Morgan fingerprint density at radius 1 is 1.42 bits per heavy atom. The largest absolute Gasteiger partial charge is 0.481 e. The molecule has 19 heavy (non-hydrogen) atoms. The monoisotopic (exact) mass is 263 g/mol. The first kappa shape index (κ1) is 14.0. The highest BCUT2D eigenvalue weighted by Gasteiger charge is 2.33. The Hall–Kier alpha value is -1.39. The molecule has 0 bridgehead atoms. The second kappa shape index (κ2) is 5.72. The van der Waals surface area contributed by atoms with E-state index in [4.69, 9.17) is 4.74 Å². The summed E-state index contributed by atoms with van der Waals surface area (Å²) in [5, 5.41) is 9.42. The lowest BCUT2D eigenvalue weighted by atomic mass is 9.88. The number of methoxy groups -OCH3 is 1. The minimum Gasteiger partial charge on any atom is -0.481 e. The zero-order valence-corrected chi connectivity index (χ0v) is 11.7. The number of ether oxygens (including phenoxy) is 1. The Morgan fingerprint density at radius 3 is 2.74 bits per heavy atom. The van der Waals surface area contributed by atoms with Crippen molar-refractivity contribution in [1.82, 2.24) is 4.90 Å². The van der Waals surface area contributed by atoms with Gasteiger partial charge in [-0.1, -0.05) is 24.3 Å². The molecule has 104 valence electrons. The number of benzene rings is 1. The van der Waals surface area contributed by atoms with E-state index in [1.807, 2.05) is 31.2 Å². The molecule has 1 N–H and O–H groups in total. The lowest BCUT2D eigenvalue weighted by Gasteiger charge is -2.38. The fraction of sp³-hybridized carbons (Fsp3) is 0.533. The fourth-order valence-corrected chi connectivity index (χ4v) is 2.65. The van der Waals surface area contributed by atoms with Crippen molar-refractivity contribution in [3.63, 3.8) is 0 Å². The van der Waals surface area contributed by atoms with Crippen molar-refractivity contribution in [2.45, 2.75) is 38.5 Å². The summed E-state index contributed by atoms with van der Waals surface area (Å²) >= 11 is 0. The van der Waals surface area contributed by atoms with Crippen LogP contribution in [0, 0.1) is 0 Å². The Kier molecular flexibility index (Phi) is 4.22. The number of rotatable bonds is 4. The first-order chi connectivity index (χ1) is 9.04. The fourth-order valence-electron chi connectivity index (χ4n) is 2.65. The summed E-state index contributed by atoms with van der Waals surface area (Å²) in [6.45, 7) is 5.43. The molecule has 0 amide bonds. The van der Waals surface area contributed by atoms with Crippen LogP contribution in [0.25, 0.3) is 0 Å². The van der Waals surface area contributed by atoms with Gasteiger partial charge >= 0.3 is 5.97 Å². The molecule has 1 aliphatic rings. The van der Waals surface area contributed by atoms with Gasteiger partial charge in [0.2, 0.25) is 0 Å². The Bertz CT molecular complexity index is 460. The number of nitrogens with zero attached hydrogens (tertiary/aromatic N) is 1. The molecule has 1 heterocycles. The van der Waals surface area contributed by atoms with Gasteiger partial charge in [0.05, 0.1) is 12.0 Å². The quantitative estimate of drug-likeness (QED) is 0.903. The van der Waals surface area contributed by atoms with Crippen LogP contribution < -0.4 is 0 Å². The predicted octanol–water partition coefficient (Wildman–Crippen LogP) is 2.09. The molecular formula is C15H21NO3. The summed E-state index contributed by atoms with van der Waals surface area (Å²) in [7, 11) is 1.69. The Labute approximate surface area is 114 Å². The molecule has 2 rings (SSSR count). The van der Waals surface area contributed by atoms with Gasteiger partial charge < -0.3 is 9.84 Å². The molecule has 0 fully saturated rings. The molecule has 0 radical (unpaired) electrons. The summed E-state index contributed by atoms with van der Waals surface area (Å²) in [6, 6.07) is 8.01. The van der Waals surface area contributed by atoms with Gasteiger partial charge in [-0.05, 0) is 25.0 Å². The van der Waals surface area contributed by atoms with Gasteiger partial charge in [-0.2, -0.15) is 0 Å². The van der Waals surface area contributed by atoms with Gasteiger partial charge in [0.15, 0.2) is 0 Å². The number of fused-ring (bicyclic) bond motifs is 1. The van der Waals surface area contributed by atoms with Gasteiger partial charge in [-0.25, -0.2) is 0 Å². The molecule has 0 saturated carbocycles. The third kappa shape index (κ3) is 2.80. The lowest BCUT2D eigenvalue weighted by molar-refractivity contribution is -0.140. The van der Waals surface area contributed by atoms with Gasteiger partial charge in [0.1, 0.15) is 0 Å². The SMILES string of the molecule is COC(C)C(C)N1Cc2ccccc2C(C(=O)O)C1. The summed E-state index contributed by atoms with van der Waals surface area (Å²) in [4.78, 5) is 13.7. The number of carbonyl (C=O) groups is 1. The maximum Gasteiger partial charge on any atom is 0.312 e. The average molecular weight is 263 g/mol. The Balaban J connectivity index is 2.27. The van der Waals surface area contributed by atoms with Crippen molar-refractivity contribution in [2.75, 3.05) is 13.7 Å². The predicted molar refractivity (Wildman–Crippen MR) is 73.2 cm³/mol. The van der Waals surface area contributed by atoms with Crippen LogP contribution in [0.2, 0.25) is 0 Å². The molecule has 0 saturated heterocycles. The molecule has 0 aromatic heterocycles. The zero-order valence-electron chi connectivity index (χ0n) is 11.7. The third-order valence-corrected chi connectivity index (χ3v) is 4.15. The van der Waals surface area contributed by atoms with E-state index in [0.717, 1.165) is 17.7 Å². The summed E-state index contributed by atoms with van der Waals surface area (Å²) < 4.78 is 5.36. The van der Waals surface area contributed by atoms with Crippen LogP contribution in [-0.4, -0.2) is 41.8 Å². The maximum atomic E-state index is 11.5. The van der Waals surface area contributed by atoms with E-state index in [2.05, 4.69) is 11.8 Å². The minimum atomic E-state index is -0.755. The molecule has 0 aliphatic carbocycles. The van der Waals surface area contributed by atoms with Crippen molar-refractivity contribution in [1.29, 1.82) is 0 Å². The van der Waals surface area contributed by atoms with Crippen LogP contribution in [0.15, 0.2) is 24.3 Å². The third-order valence-electron chi connectivity index (χ3n) is 4.15. The van der Waals surface area contributed by atoms with Gasteiger partial charge in [0, 0.05) is 26.2 Å². The number of aliphatic carboxylic acids is 1. The van der Waals surface area contributed by atoms with E-state index in [0.29, 0.717) is 6.54 Å². The first-order valence-electron chi connectivity index (χ1n) is 6.62. The Morgan fingerprint density at radius 2 is 2.11 bits per heavy atom. The lowest BCUT2D eigenvalue weighted by Crippen LogP contribution is -2.46. The molecule has 4 heteroatoms. The van der Waals surface area contributed by atoms with Crippen LogP contribution in [0.3, 0.4) is 0 Å². The molecular weight excluding hydrogens is 242 g/mol. The van der Waals surface area contributed by atoms with Crippen molar-refractivity contribution >= 4 is 5.97 Å². The van der Waals surface area contributed by atoms with E-state index >= 15 is 0 Å². The summed E-state index contributed by atoms with van der Waals surface area (Å²) in [5.74, 6) is -1.20. The van der Waals surface area contributed by atoms with Crippen LogP contribution in [0.1, 0.15) is 30.9 Å². The first-order valence-corrected chi connectivity index (χ1v) is 6.62. The van der Waals surface area contributed by atoms with Crippen LogP contribution in [0.5, 0.6) is 0 Å². The van der Waals surface area contributed by atoms with E-state index < -0.39 is 11.9 Å². The maximum absolute atomic E-state index is 11.5. The van der Waals surface area contributed by atoms with E-state index in [1.165, 1.54) is 0 Å². The van der Waals surface area contributed by atoms with Gasteiger partial charge in [-0.3, -0.25) is 9.69 Å². The van der Waals surface area contributed by atoms with Gasteiger partial charge in [0.25, 0.3) is 0 Å². The summed E-state index contributed by atoms with van der Waals surface area (Å²) in [5.41, 5.74) is 2.06. The second-order valence-electron chi connectivity index (χ2n) is 5.20. The van der Waals surface area contributed by atoms with Crippen LogP contribution in [0.4, 0.5) is 0 Å². The normalized spacial score (nSPS) is 22.6. The van der Waals surface area contributed by atoms with E-state index in [9.17, 15) is 9.90 Å². The molecule has 4 nitrogen and oxygen atoms in total. The highest BCUT2D eigenvalue weighted by molar-refractivity contribution is 5.77. The van der Waals surface area contributed by atoms with E-state index in [-0.39, 0.29) is 12.1 Å². The smallest absolute Gasteiger partial charge is 0.312 e. The average Bonchev–Trinajstić information content (AvgIpc) is 2.44. The summed E-state index contributed by atoms with van der Waals surface area (Å²) in [6.07, 6.45) is 0.0831. The number of hydrogen-bond acceptors (Lipinski definition) is 3. The van der Waals surface area contributed by atoms with E-state index in [1.54, 1.807) is 7.11 Å². The van der Waals surface area contributed by atoms with Crippen molar-refractivity contribution in [3.8, 4) is 0 Å². The molecule has 0 spiro atoms. The number of carboxylic acid groups (broad SMARTS) is 1. The molecule has 1 aromatic rings. The molecule has 3 unspecified atom stereocenters. The van der Waals surface area contributed by atoms with Crippen LogP contribution >= 0.6 is 0 Å². The molecule has 1 aromatic carbocycles. The van der Waals surface area contributed by atoms with Crippen molar-refractivity contribution in [2.24, 2.45) is 0 Å². The minimum absolute atomic E-state index is 0.0831. The van der Waals surface area contributed by atoms with Crippen molar-refractivity contribution in [3.05, 3.63) is 35.4 Å². The van der Waals surface area contributed by atoms with Crippen molar-refractivity contribution < 1.29 is 14.6 Å². The standard InChI is InChI=1S/C15H21NO3/c1-10(11(2)19-3)16-8-12-6-4-5-7-13(12)14(9-16)15(17)18/h4-7,10-11,14H,8-9H2,1-3H3,(H,17,18). The number of hydrogen-bond donors (Lipinski definition) is 1. The zero-order chi connectivity index (χ0) is 14.0. The van der Waals surface area contributed by atoms with Gasteiger partial charge in [-0.15, -0.1) is 0 Å². The molecule has 1 aliphatic heterocycles.